The number of rotatable bonds is 2. The first-order valence-corrected chi connectivity index (χ1v) is 6.23. The van der Waals surface area contributed by atoms with E-state index in [2.05, 4.69) is 15.1 Å². The Bertz CT molecular complexity index is 848. The number of H-pyrrole nitrogens is 1. The van der Waals surface area contributed by atoms with Crippen molar-refractivity contribution in [1.82, 2.24) is 19.7 Å². The first kappa shape index (κ1) is 12.6. The molecule has 0 radical (unpaired) electrons. The molecule has 0 atom stereocenters. The molecule has 20 heavy (non-hydrogen) atoms. The van der Waals surface area contributed by atoms with E-state index >= 15 is 0 Å². The normalized spacial score (nSPS) is 11.2. The van der Waals surface area contributed by atoms with Gasteiger partial charge in [0.2, 0.25) is 0 Å². The van der Waals surface area contributed by atoms with Crippen LogP contribution < -0.4 is 5.56 Å². The molecule has 0 bridgehead atoms. The van der Waals surface area contributed by atoms with Crippen molar-refractivity contribution in [3.05, 3.63) is 46.0 Å². The summed E-state index contributed by atoms with van der Waals surface area (Å²) >= 11 is 0. The number of aliphatic hydroxyl groups is 1. The maximum Gasteiger partial charge on any atom is 0.269 e. The Kier molecular flexibility index (Phi) is 2.87. The Morgan fingerprint density at radius 3 is 2.85 bits per heavy atom. The molecular formula is C14H14N4O2. The van der Waals surface area contributed by atoms with Crippen LogP contribution >= 0.6 is 0 Å². The zero-order valence-corrected chi connectivity index (χ0v) is 11.2. The zero-order chi connectivity index (χ0) is 14.3. The van der Waals surface area contributed by atoms with Crippen molar-refractivity contribution in [3.63, 3.8) is 0 Å². The van der Waals surface area contributed by atoms with Crippen molar-refractivity contribution >= 4 is 11.0 Å². The van der Waals surface area contributed by atoms with Crippen molar-refractivity contribution in [1.29, 1.82) is 0 Å². The Hall–Kier alpha value is -2.47. The molecule has 6 nitrogen and oxygen atoms in total. The van der Waals surface area contributed by atoms with Gasteiger partial charge in [-0.1, -0.05) is 0 Å². The Morgan fingerprint density at radius 2 is 2.20 bits per heavy atom. The molecular weight excluding hydrogens is 256 g/mol. The molecule has 0 unspecified atom stereocenters. The maximum absolute atomic E-state index is 11.7. The van der Waals surface area contributed by atoms with Gasteiger partial charge in [-0.05, 0) is 30.7 Å². The summed E-state index contributed by atoms with van der Waals surface area (Å²) in [4.78, 5) is 18.9. The number of nitrogens with one attached hydrogen (secondary N) is 1. The predicted octanol–water partition coefficient (Wildman–Crippen LogP) is 1.12. The minimum atomic E-state index is -0.219. The van der Waals surface area contributed by atoms with E-state index in [4.69, 9.17) is 0 Å². The van der Waals surface area contributed by atoms with E-state index in [0.29, 0.717) is 16.7 Å². The molecule has 0 aliphatic carbocycles. The van der Waals surface area contributed by atoms with E-state index in [1.165, 1.54) is 0 Å². The fourth-order valence-electron chi connectivity index (χ4n) is 2.27. The summed E-state index contributed by atoms with van der Waals surface area (Å²) in [6, 6.07) is 5.48. The number of aromatic nitrogens is 4. The first-order chi connectivity index (χ1) is 9.60. The van der Waals surface area contributed by atoms with Gasteiger partial charge in [0, 0.05) is 18.8 Å². The Labute approximate surface area is 114 Å². The number of aryl methyl sites for hydroxylation is 2. The Morgan fingerprint density at radius 1 is 1.40 bits per heavy atom. The lowest BCUT2D eigenvalue weighted by Gasteiger charge is -2.09. The molecule has 0 fully saturated rings. The van der Waals surface area contributed by atoms with Crippen LogP contribution in [0.15, 0.2) is 29.2 Å². The number of aromatic amines is 1. The average molecular weight is 270 g/mol. The molecule has 0 aliphatic rings. The molecule has 2 heterocycles. The van der Waals surface area contributed by atoms with E-state index in [1.54, 1.807) is 23.9 Å². The standard InChI is InChI=1S/C14H14N4O2/c1-8-14(20)17-11-6-9(7-19)5-10(13(11)16-8)12-3-4-15-18(12)2/h3-6,19H,7H2,1-2H3,(H,17,20). The van der Waals surface area contributed by atoms with Crippen LogP contribution in [-0.2, 0) is 13.7 Å². The smallest absolute Gasteiger partial charge is 0.269 e. The van der Waals surface area contributed by atoms with Crippen LogP contribution in [0.2, 0.25) is 0 Å². The fourth-order valence-corrected chi connectivity index (χ4v) is 2.27. The summed E-state index contributed by atoms with van der Waals surface area (Å²) < 4.78 is 1.73. The highest BCUT2D eigenvalue weighted by Gasteiger charge is 2.12. The van der Waals surface area contributed by atoms with Crippen LogP contribution in [-0.4, -0.2) is 24.9 Å². The van der Waals surface area contributed by atoms with Crippen LogP contribution in [0.3, 0.4) is 0 Å². The van der Waals surface area contributed by atoms with E-state index < -0.39 is 0 Å². The fraction of sp³-hybridized carbons (Fsp3) is 0.214. The summed E-state index contributed by atoms with van der Waals surface area (Å²) in [5, 5.41) is 13.5. The van der Waals surface area contributed by atoms with Gasteiger partial charge in [-0.15, -0.1) is 0 Å². The molecule has 0 spiro atoms. The number of nitrogens with zero attached hydrogens (tertiary/aromatic N) is 3. The van der Waals surface area contributed by atoms with E-state index in [1.807, 2.05) is 19.2 Å². The molecule has 2 N–H and O–H groups in total. The van der Waals surface area contributed by atoms with Crippen LogP contribution in [0.4, 0.5) is 0 Å². The number of aliphatic hydroxyl groups excluding tert-OH is 1. The average Bonchev–Trinajstić information content (AvgIpc) is 2.85. The molecule has 102 valence electrons. The van der Waals surface area contributed by atoms with Gasteiger partial charge < -0.3 is 10.1 Å². The third kappa shape index (κ3) is 1.90. The molecule has 0 saturated heterocycles. The highest BCUT2D eigenvalue weighted by Crippen LogP contribution is 2.27. The molecule has 0 saturated carbocycles. The number of benzene rings is 1. The lowest BCUT2D eigenvalue weighted by atomic mass is 10.1. The van der Waals surface area contributed by atoms with Gasteiger partial charge in [0.1, 0.15) is 5.69 Å². The van der Waals surface area contributed by atoms with Crippen LogP contribution in [0.1, 0.15) is 11.3 Å². The van der Waals surface area contributed by atoms with E-state index in [0.717, 1.165) is 16.8 Å². The molecule has 0 amide bonds. The van der Waals surface area contributed by atoms with Crippen molar-refractivity contribution in [2.24, 2.45) is 7.05 Å². The first-order valence-electron chi connectivity index (χ1n) is 6.23. The quantitative estimate of drug-likeness (QED) is 0.731. The van der Waals surface area contributed by atoms with Crippen LogP contribution in [0, 0.1) is 6.92 Å². The van der Waals surface area contributed by atoms with Crippen LogP contribution in [0.5, 0.6) is 0 Å². The van der Waals surface area contributed by atoms with Gasteiger partial charge in [0.15, 0.2) is 0 Å². The summed E-state index contributed by atoms with van der Waals surface area (Å²) in [6.07, 6.45) is 1.70. The van der Waals surface area contributed by atoms with Gasteiger partial charge in [-0.2, -0.15) is 5.10 Å². The highest BCUT2D eigenvalue weighted by atomic mass is 16.3. The number of hydrogen-bond donors (Lipinski definition) is 2. The summed E-state index contributed by atoms with van der Waals surface area (Å²) in [5.41, 5.74) is 3.94. The monoisotopic (exact) mass is 270 g/mol. The topological polar surface area (TPSA) is 83.8 Å². The number of hydrogen-bond acceptors (Lipinski definition) is 4. The molecule has 2 aromatic heterocycles. The van der Waals surface area contributed by atoms with Crippen LogP contribution in [0.25, 0.3) is 22.3 Å². The minimum absolute atomic E-state index is 0.100. The molecule has 0 aliphatic heterocycles. The van der Waals surface area contributed by atoms with E-state index in [-0.39, 0.29) is 12.2 Å². The Balaban J connectivity index is 2.43. The third-order valence-corrected chi connectivity index (χ3v) is 3.31. The van der Waals surface area contributed by atoms with E-state index in [9.17, 15) is 9.90 Å². The molecule has 1 aromatic carbocycles. The summed E-state index contributed by atoms with van der Waals surface area (Å²) in [7, 11) is 1.84. The van der Waals surface area contributed by atoms with Gasteiger partial charge in [0.25, 0.3) is 5.56 Å². The van der Waals surface area contributed by atoms with Gasteiger partial charge in [-0.3, -0.25) is 9.48 Å². The second kappa shape index (κ2) is 4.57. The second-order valence-electron chi connectivity index (χ2n) is 4.69. The molecule has 3 rings (SSSR count). The van der Waals surface area contributed by atoms with Crippen molar-refractivity contribution < 1.29 is 5.11 Å². The second-order valence-corrected chi connectivity index (χ2v) is 4.69. The molecule has 6 heteroatoms. The van der Waals surface area contributed by atoms with Crippen molar-refractivity contribution in [2.75, 3.05) is 0 Å². The summed E-state index contributed by atoms with van der Waals surface area (Å²) in [5.74, 6) is 0. The van der Waals surface area contributed by atoms with Gasteiger partial charge >= 0.3 is 0 Å². The molecule has 3 aromatic rings. The third-order valence-electron chi connectivity index (χ3n) is 3.31. The number of fused-ring (bicyclic) bond motifs is 1. The maximum atomic E-state index is 11.7. The van der Waals surface area contributed by atoms with Crippen molar-refractivity contribution in [3.8, 4) is 11.3 Å². The largest absolute Gasteiger partial charge is 0.392 e. The lowest BCUT2D eigenvalue weighted by molar-refractivity contribution is 0.282. The minimum Gasteiger partial charge on any atom is -0.392 e. The highest BCUT2D eigenvalue weighted by molar-refractivity contribution is 5.91. The summed E-state index contributed by atoms with van der Waals surface area (Å²) in [6.45, 7) is 1.57. The zero-order valence-electron chi connectivity index (χ0n) is 11.2. The lowest BCUT2D eigenvalue weighted by Crippen LogP contribution is -2.12. The SMILES string of the molecule is Cc1nc2c(-c3ccnn3C)cc(CO)cc2[nH]c1=O. The van der Waals surface area contributed by atoms with Gasteiger partial charge in [0.05, 0.1) is 23.3 Å². The van der Waals surface area contributed by atoms with Gasteiger partial charge in [-0.25, -0.2) is 4.98 Å². The van der Waals surface area contributed by atoms with Crippen molar-refractivity contribution in [2.45, 2.75) is 13.5 Å². The predicted molar refractivity (Wildman–Crippen MR) is 75.2 cm³/mol.